The Balaban J connectivity index is 1.72. The van der Waals surface area contributed by atoms with Gasteiger partial charge >= 0.3 is 0 Å². The van der Waals surface area contributed by atoms with Gasteiger partial charge in [-0.15, -0.1) is 0 Å². The fraction of sp³-hybridized carbons (Fsp3) is 0.357. The fourth-order valence-corrected chi connectivity index (χ4v) is 9.36. The summed E-state index contributed by atoms with van der Waals surface area (Å²) < 4.78 is 13.0. The molecule has 2 atom stereocenters. The van der Waals surface area contributed by atoms with Gasteiger partial charge < -0.3 is 9.16 Å². The molecule has 1 aliphatic heterocycles. The second-order valence-electron chi connectivity index (χ2n) is 9.62. The van der Waals surface area contributed by atoms with Crippen molar-refractivity contribution < 1.29 is 9.16 Å². The number of hydrogen-bond acceptors (Lipinski definition) is 2. The molecule has 1 aliphatic rings. The molecule has 3 aromatic rings. The zero-order chi connectivity index (χ0) is 21.7. The topological polar surface area (TPSA) is 21.8 Å². The van der Waals surface area contributed by atoms with E-state index in [-0.39, 0.29) is 11.1 Å². The van der Waals surface area contributed by atoms with Gasteiger partial charge in [-0.05, 0) is 33.8 Å². The number of ether oxygens (including phenoxy) is 1. The van der Waals surface area contributed by atoms with Crippen LogP contribution in [0.15, 0.2) is 91.0 Å². The van der Waals surface area contributed by atoms with Gasteiger partial charge in [0, 0.05) is 12.5 Å². The van der Waals surface area contributed by atoms with E-state index in [1.807, 2.05) is 0 Å². The van der Waals surface area contributed by atoms with Crippen LogP contribution >= 0.6 is 0 Å². The molecule has 0 saturated carbocycles. The zero-order valence-electron chi connectivity index (χ0n) is 19.0. The molecule has 4 rings (SSSR count). The highest BCUT2D eigenvalue weighted by Crippen LogP contribution is 2.39. The van der Waals surface area contributed by atoms with E-state index in [4.69, 9.17) is 9.16 Å². The van der Waals surface area contributed by atoms with Crippen molar-refractivity contribution in [2.45, 2.75) is 57.3 Å². The van der Waals surface area contributed by atoms with Gasteiger partial charge in [0.15, 0.2) is 0 Å². The lowest BCUT2D eigenvalue weighted by Gasteiger charge is -2.45. The Morgan fingerprint density at radius 3 is 1.77 bits per heavy atom. The maximum absolute atomic E-state index is 7.41. The standard InChI is InChI=1S/C28H34O2Si/c1-28(2,3)31(26-15-9-5-10-16-26,27-17-11-6-12-18-27)30-24(21-25-22-29-25)20-19-23-13-7-4-8-14-23/h4-18,24-25H,19-22H2,1-3H3/t24-,25?/m0/s1. The lowest BCUT2D eigenvalue weighted by Crippen LogP contribution is -2.67. The Kier molecular flexibility index (Phi) is 6.76. The molecule has 1 saturated heterocycles. The van der Waals surface area contributed by atoms with E-state index in [0.717, 1.165) is 25.9 Å². The maximum Gasteiger partial charge on any atom is 0.261 e. The Morgan fingerprint density at radius 1 is 0.839 bits per heavy atom. The second-order valence-corrected chi connectivity index (χ2v) is 13.9. The first kappa shape index (κ1) is 22.0. The molecular weight excluding hydrogens is 396 g/mol. The van der Waals surface area contributed by atoms with Crippen LogP contribution in [0.3, 0.4) is 0 Å². The minimum atomic E-state index is -2.55. The van der Waals surface area contributed by atoms with E-state index >= 15 is 0 Å². The molecule has 1 unspecified atom stereocenters. The van der Waals surface area contributed by atoms with Crippen molar-refractivity contribution in [2.75, 3.05) is 6.61 Å². The van der Waals surface area contributed by atoms with Gasteiger partial charge in [-0.2, -0.15) is 0 Å². The monoisotopic (exact) mass is 430 g/mol. The van der Waals surface area contributed by atoms with Crippen molar-refractivity contribution in [3.05, 3.63) is 96.6 Å². The zero-order valence-corrected chi connectivity index (χ0v) is 20.0. The van der Waals surface area contributed by atoms with E-state index < -0.39 is 8.32 Å². The molecule has 3 aromatic carbocycles. The van der Waals surface area contributed by atoms with E-state index in [0.29, 0.717) is 6.10 Å². The molecular formula is C28H34O2Si. The number of aryl methyl sites for hydroxylation is 1. The average Bonchev–Trinajstić information content (AvgIpc) is 3.61. The predicted octanol–water partition coefficient (Wildman–Crippen LogP) is 5.35. The largest absolute Gasteiger partial charge is 0.404 e. The van der Waals surface area contributed by atoms with Crippen LogP contribution in [0.4, 0.5) is 0 Å². The summed E-state index contributed by atoms with van der Waals surface area (Å²) in [4.78, 5) is 0. The second kappa shape index (κ2) is 9.52. The number of hydrogen-bond donors (Lipinski definition) is 0. The third-order valence-electron chi connectivity index (χ3n) is 6.29. The van der Waals surface area contributed by atoms with E-state index in [2.05, 4.69) is 112 Å². The van der Waals surface area contributed by atoms with Crippen LogP contribution in [-0.4, -0.2) is 27.1 Å². The first-order valence-corrected chi connectivity index (χ1v) is 13.3. The molecule has 0 amide bonds. The van der Waals surface area contributed by atoms with Crippen molar-refractivity contribution in [1.29, 1.82) is 0 Å². The van der Waals surface area contributed by atoms with Gasteiger partial charge in [-0.25, -0.2) is 0 Å². The molecule has 0 radical (unpaired) electrons. The molecule has 0 N–H and O–H groups in total. The van der Waals surface area contributed by atoms with Gasteiger partial charge in [0.1, 0.15) is 0 Å². The molecule has 2 nitrogen and oxygen atoms in total. The summed E-state index contributed by atoms with van der Waals surface area (Å²) >= 11 is 0. The van der Waals surface area contributed by atoms with Crippen LogP contribution < -0.4 is 10.4 Å². The first-order chi connectivity index (χ1) is 15.0. The summed E-state index contributed by atoms with van der Waals surface area (Å²) in [6, 6.07) is 32.6. The van der Waals surface area contributed by atoms with Crippen molar-refractivity contribution >= 4 is 18.7 Å². The maximum atomic E-state index is 7.41. The summed E-state index contributed by atoms with van der Waals surface area (Å²) in [5.74, 6) is 0. The number of benzene rings is 3. The highest BCUT2D eigenvalue weighted by atomic mass is 28.4. The Labute approximate surface area is 188 Å². The highest BCUT2D eigenvalue weighted by Gasteiger charge is 2.51. The molecule has 3 heteroatoms. The quantitative estimate of drug-likeness (QED) is 0.337. The molecule has 162 valence electrons. The van der Waals surface area contributed by atoms with E-state index in [9.17, 15) is 0 Å². The Hall–Kier alpha value is -2.20. The summed E-state index contributed by atoms with van der Waals surface area (Å²) in [6.45, 7) is 7.91. The minimum Gasteiger partial charge on any atom is -0.404 e. The molecule has 0 spiro atoms. The Morgan fingerprint density at radius 2 is 1.32 bits per heavy atom. The van der Waals surface area contributed by atoms with E-state index in [1.165, 1.54) is 15.9 Å². The summed E-state index contributed by atoms with van der Waals surface area (Å²) in [5.41, 5.74) is 1.37. The van der Waals surface area contributed by atoms with Gasteiger partial charge in [0.25, 0.3) is 8.32 Å². The third-order valence-corrected chi connectivity index (χ3v) is 11.4. The van der Waals surface area contributed by atoms with E-state index in [1.54, 1.807) is 0 Å². The minimum absolute atomic E-state index is 0.00882. The van der Waals surface area contributed by atoms with Crippen molar-refractivity contribution in [3.8, 4) is 0 Å². The molecule has 1 heterocycles. The average molecular weight is 431 g/mol. The summed E-state index contributed by atoms with van der Waals surface area (Å²) in [7, 11) is -2.55. The molecule has 1 fully saturated rings. The van der Waals surface area contributed by atoms with Gasteiger partial charge in [-0.1, -0.05) is 112 Å². The van der Waals surface area contributed by atoms with Crippen LogP contribution in [0, 0.1) is 0 Å². The SMILES string of the molecule is CC(C)(C)[Si](O[C@@H](CCc1ccccc1)CC1CO1)(c1ccccc1)c1ccccc1. The number of epoxide rings is 1. The highest BCUT2D eigenvalue weighted by molar-refractivity contribution is 6.99. The van der Waals surface area contributed by atoms with Crippen LogP contribution in [-0.2, 0) is 15.6 Å². The first-order valence-electron chi connectivity index (χ1n) is 11.4. The predicted molar refractivity (Wildman–Crippen MR) is 132 cm³/mol. The summed E-state index contributed by atoms with van der Waals surface area (Å²) in [6.07, 6.45) is 3.51. The van der Waals surface area contributed by atoms with Crippen LogP contribution in [0.2, 0.25) is 5.04 Å². The van der Waals surface area contributed by atoms with Crippen molar-refractivity contribution in [2.24, 2.45) is 0 Å². The third kappa shape index (κ3) is 5.17. The fourth-order valence-electron chi connectivity index (χ4n) is 4.64. The lowest BCUT2D eigenvalue weighted by molar-refractivity contribution is 0.155. The van der Waals surface area contributed by atoms with Gasteiger partial charge in [-0.3, -0.25) is 0 Å². The van der Waals surface area contributed by atoms with Crippen molar-refractivity contribution in [3.63, 3.8) is 0 Å². The van der Waals surface area contributed by atoms with Gasteiger partial charge in [0.05, 0.1) is 12.7 Å². The normalized spacial score (nSPS) is 17.3. The van der Waals surface area contributed by atoms with Crippen molar-refractivity contribution in [1.82, 2.24) is 0 Å². The molecule has 31 heavy (non-hydrogen) atoms. The van der Waals surface area contributed by atoms with Crippen LogP contribution in [0.5, 0.6) is 0 Å². The molecule has 0 bridgehead atoms. The van der Waals surface area contributed by atoms with Crippen LogP contribution in [0.1, 0.15) is 39.2 Å². The molecule has 0 aliphatic carbocycles. The van der Waals surface area contributed by atoms with Crippen LogP contribution in [0.25, 0.3) is 0 Å². The molecule has 0 aromatic heterocycles. The Bertz CT molecular complexity index is 892. The lowest BCUT2D eigenvalue weighted by atomic mass is 10.0. The summed E-state index contributed by atoms with van der Waals surface area (Å²) in [5, 5.41) is 2.68. The number of rotatable bonds is 9. The smallest absolute Gasteiger partial charge is 0.261 e. The van der Waals surface area contributed by atoms with Gasteiger partial charge in [0.2, 0.25) is 0 Å².